The molecule has 66 valence electrons. The number of hydrogen-bond acceptors (Lipinski definition) is 3. The predicted molar refractivity (Wildman–Crippen MR) is 48.9 cm³/mol. The average molecular weight is 166 g/mol. The van der Waals surface area contributed by atoms with Gasteiger partial charge in [-0.2, -0.15) is 5.48 Å². The first-order valence-electron chi connectivity index (χ1n) is 4.02. The number of nitrogens with two attached hydrogens (primary N) is 1. The number of para-hydroxylation sites is 1. The molecule has 3 nitrogen and oxygen atoms in total. The summed E-state index contributed by atoms with van der Waals surface area (Å²) < 4.78 is 0. The van der Waals surface area contributed by atoms with Crippen molar-refractivity contribution in [2.45, 2.75) is 6.42 Å². The third-order valence-corrected chi connectivity index (χ3v) is 1.65. The monoisotopic (exact) mass is 166 g/mol. The van der Waals surface area contributed by atoms with E-state index in [4.69, 9.17) is 4.84 Å². The van der Waals surface area contributed by atoms with Crippen LogP contribution in [0.15, 0.2) is 24.3 Å². The highest BCUT2D eigenvalue weighted by molar-refractivity contribution is 5.34. The van der Waals surface area contributed by atoms with E-state index < -0.39 is 0 Å². The normalized spacial score (nSPS) is 13.5. The second-order valence-electron chi connectivity index (χ2n) is 2.35. The number of hydroxylamine groups is 1. The summed E-state index contributed by atoms with van der Waals surface area (Å²) in [6.45, 7) is 0.914. The van der Waals surface area contributed by atoms with Crippen molar-refractivity contribution in [2.75, 3.05) is 13.6 Å². The molecule has 0 atom stereocenters. The zero-order valence-electron chi connectivity index (χ0n) is 7.21. The Kier molecular flexibility index (Phi) is 3.57. The quantitative estimate of drug-likeness (QED) is 0.596. The van der Waals surface area contributed by atoms with Gasteiger partial charge < -0.3 is 10.6 Å². The van der Waals surface area contributed by atoms with Crippen LogP contribution in [0.4, 0.5) is 0 Å². The maximum Gasteiger partial charge on any atom is 0.150 e. The Morgan fingerprint density at radius 3 is 2.83 bits per heavy atom. The lowest BCUT2D eigenvalue weighted by Gasteiger charge is -2.16. The smallest absolute Gasteiger partial charge is 0.150 e. The summed E-state index contributed by atoms with van der Waals surface area (Å²) in [6, 6.07) is 8.08. The van der Waals surface area contributed by atoms with Crippen LogP contribution in [0.2, 0.25) is 0 Å². The molecule has 1 aromatic rings. The van der Waals surface area contributed by atoms with Gasteiger partial charge in [-0.3, -0.25) is 0 Å². The fraction of sp³-hybridized carbons (Fsp3) is 0.333. The Labute approximate surface area is 72.5 Å². The van der Waals surface area contributed by atoms with Crippen molar-refractivity contribution in [2.24, 2.45) is 5.73 Å². The van der Waals surface area contributed by atoms with Crippen LogP contribution in [0, 0.1) is 0 Å². The van der Waals surface area contributed by atoms with Gasteiger partial charge in [-0.1, -0.05) is 18.2 Å². The fourth-order valence-electron chi connectivity index (χ4n) is 1.12. The van der Waals surface area contributed by atoms with Gasteiger partial charge in [0.05, 0.1) is 0 Å². The van der Waals surface area contributed by atoms with Gasteiger partial charge in [0.15, 0.2) is 0 Å². The highest BCUT2D eigenvalue weighted by atomic mass is 16.6. The van der Waals surface area contributed by atoms with Crippen LogP contribution in [0.25, 0.3) is 0 Å². The van der Waals surface area contributed by atoms with Crippen molar-refractivity contribution in [3.63, 3.8) is 0 Å². The molecule has 0 aromatic heterocycles. The number of nitrogens with one attached hydrogen (secondary N) is 1. The second-order valence-corrected chi connectivity index (χ2v) is 2.35. The van der Waals surface area contributed by atoms with Gasteiger partial charge in [0.1, 0.15) is 5.75 Å². The van der Waals surface area contributed by atoms with Gasteiger partial charge in [0.2, 0.25) is 0 Å². The Balaban J connectivity index is 0.000000336. The first-order chi connectivity index (χ1) is 5.97. The summed E-state index contributed by atoms with van der Waals surface area (Å²) in [7, 11) is 1.50. The maximum atomic E-state index is 5.17. The highest BCUT2D eigenvalue weighted by Crippen LogP contribution is 2.19. The van der Waals surface area contributed by atoms with Crippen molar-refractivity contribution in [1.29, 1.82) is 0 Å². The first-order valence-corrected chi connectivity index (χ1v) is 4.02. The summed E-state index contributed by atoms with van der Waals surface area (Å²) in [5.74, 6) is 0.966. The number of rotatable bonds is 0. The largest absolute Gasteiger partial charge is 0.408 e. The molecule has 2 rings (SSSR count). The molecule has 0 unspecified atom stereocenters. The van der Waals surface area contributed by atoms with Gasteiger partial charge >= 0.3 is 0 Å². The van der Waals surface area contributed by atoms with E-state index >= 15 is 0 Å². The molecule has 1 heterocycles. The molecular formula is C9H14N2O. The van der Waals surface area contributed by atoms with E-state index in [1.165, 1.54) is 12.6 Å². The lowest BCUT2D eigenvalue weighted by Crippen LogP contribution is -2.26. The summed E-state index contributed by atoms with van der Waals surface area (Å²) in [4.78, 5) is 5.17. The van der Waals surface area contributed by atoms with E-state index in [1.807, 2.05) is 18.2 Å². The maximum absolute atomic E-state index is 5.17. The van der Waals surface area contributed by atoms with Crippen LogP contribution >= 0.6 is 0 Å². The minimum Gasteiger partial charge on any atom is -0.408 e. The fourth-order valence-corrected chi connectivity index (χ4v) is 1.12. The lowest BCUT2D eigenvalue weighted by atomic mass is 10.1. The first kappa shape index (κ1) is 9.03. The Bertz CT molecular complexity index is 213. The zero-order valence-corrected chi connectivity index (χ0v) is 7.21. The highest BCUT2D eigenvalue weighted by Gasteiger charge is 2.06. The van der Waals surface area contributed by atoms with Crippen molar-refractivity contribution < 1.29 is 4.84 Å². The molecule has 3 heteroatoms. The number of hydrogen-bond donors (Lipinski definition) is 2. The van der Waals surface area contributed by atoms with E-state index in [1.54, 1.807) is 0 Å². The van der Waals surface area contributed by atoms with E-state index in [0.29, 0.717) is 0 Å². The van der Waals surface area contributed by atoms with E-state index in [2.05, 4.69) is 17.3 Å². The Hall–Kier alpha value is -1.06. The average Bonchev–Trinajstić information content (AvgIpc) is 2.21. The van der Waals surface area contributed by atoms with Gasteiger partial charge in [-0.25, -0.2) is 0 Å². The molecule has 0 bridgehead atoms. The van der Waals surface area contributed by atoms with E-state index in [0.717, 1.165) is 18.7 Å². The van der Waals surface area contributed by atoms with Gasteiger partial charge in [0, 0.05) is 6.54 Å². The summed E-state index contributed by atoms with van der Waals surface area (Å²) >= 11 is 0. The number of fused-ring (bicyclic) bond motifs is 1. The molecule has 0 amide bonds. The van der Waals surface area contributed by atoms with Gasteiger partial charge in [-0.15, -0.1) is 0 Å². The van der Waals surface area contributed by atoms with E-state index in [9.17, 15) is 0 Å². The van der Waals surface area contributed by atoms with E-state index in [-0.39, 0.29) is 0 Å². The predicted octanol–water partition coefficient (Wildman–Crippen LogP) is 0.701. The van der Waals surface area contributed by atoms with Gasteiger partial charge in [0.25, 0.3) is 0 Å². The molecule has 0 saturated carbocycles. The molecule has 3 N–H and O–H groups in total. The molecular weight excluding hydrogens is 152 g/mol. The molecule has 0 radical (unpaired) electrons. The molecule has 0 aliphatic carbocycles. The van der Waals surface area contributed by atoms with Gasteiger partial charge in [-0.05, 0) is 25.1 Å². The molecule has 12 heavy (non-hydrogen) atoms. The van der Waals surface area contributed by atoms with Crippen LogP contribution in [-0.4, -0.2) is 13.6 Å². The Morgan fingerprint density at radius 2 is 2.08 bits per heavy atom. The zero-order chi connectivity index (χ0) is 8.81. The molecule has 0 fully saturated rings. The molecule has 1 aliphatic rings. The molecule has 1 aliphatic heterocycles. The summed E-state index contributed by atoms with van der Waals surface area (Å²) in [5.41, 5.74) is 8.63. The van der Waals surface area contributed by atoms with Crippen LogP contribution in [0.5, 0.6) is 5.75 Å². The van der Waals surface area contributed by atoms with Crippen molar-refractivity contribution in [3.8, 4) is 5.75 Å². The van der Waals surface area contributed by atoms with Crippen molar-refractivity contribution >= 4 is 0 Å². The van der Waals surface area contributed by atoms with Crippen LogP contribution in [0.1, 0.15) is 5.56 Å². The molecule has 1 aromatic carbocycles. The standard InChI is InChI=1S/C8H9NO.CH5N/c1-2-4-8-7(3-1)5-6-9-10-8;1-2/h1-4,9H,5-6H2;2H2,1H3. The third-order valence-electron chi connectivity index (χ3n) is 1.65. The SMILES string of the molecule is CN.c1ccc2c(c1)CCNO2. The number of benzene rings is 1. The Morgan fingerprint density at radius 1 is 1.33 bits per heavy atom. The molecule has 0 saturated heterocycles. The summed E-state index contributed by atoms with van der Waals surface area (Å²) in [6.07, 6.45) is 1.07. The lowest BCUT2D eigenvalue weighted by molar-refractivity contribution is 0.180. The third kappa shape index (κ3) is 1.96. The van der Waals surface area contributed by atoms with Crippen LogP contribution in [-0.2, 0) is 6.42 Å². The topological polar surface area (TPSA) is 47.3 Å². The van der Waals surface area contributed by atoms with Crippen LogP contribution < -0.4 is 16.1 Å². The molecule has 0 spiro atoms. The second kappa shape index (κ2) is 4.74. The van der Waals surface area contributed by atoms with Crippen molar-refractivity contribution in [1.82, 2.24) is 5.48 Å². The minimum atomic E-state index is 0.914. The van der Waals surface area contributed by atoms with Crippen molar-refractivity contribution in [3.05, 3.63) is 29.8 Å². The summed E-state index contributed by atoms with van der Waals surface area (Å²) in [5, 5.41) is 0. The van der Waals surface area contributed by atoms with Crippen LogP contribution in [0.3, 0.4) is 0 Å². The minimum absolute atomic E-state index is 0.914.